The van der Waals surface area contributed by atoms with E-state index in [1.165, 1.54) is 11.8 Å². The third kappa shape index (κ3) is 4.28. The first-order chi connectivity index (χ1) is 17.3. The molecule has 7 nitrogen and oxygen atoms in total. The van der Waals surface area contributed by atoms with Gasteiger partial charge in [-0.25, -0.2) is 4.57 Å². The highest BCUT2D eigenvalue weighted by molar-refractivity contribution is 7.99. The van der Waals surface area contributed by atoms with Crippen LogP contribution in [0.4, 0.5) is 5.69 Å². The average molecular weight is 498 g/mol. The summed E-state index contributed by atoms with van der Waals surface area (Å²) < 4.78 is 3.44. The maximum atomic E-state index is 13.5. The van der Waals surface area contributed by atoms with E-state index in [2.05, 4.69) is 36.3 Å². The van der Waals surface area contributed by atoms with Crippen molar-refractivity contribution in [1.82, 2.24) is 19.2 Å². The largest absolute Gasteiger partial charge is 0.325 e. The lowest BCUT2D eigenvalue weighted by Gasteiger charge is -2.22. The molecule has 0 atom stereocenters. The lowest BCUT2D eigenvalue weighted by Crippen LogP contribution is -2.22. The number of carbonyl (C=O) groups excluding carboxylic acids is 1. The molecule has 3 aromatic carbocycles. The molecule has 2 heterocycles. The number of nitrogens with zero attached hydrogens (tertiary/aromatic N) is 4. The number of amides is 1. The summed E-state index contributed by atoms with van der Waals surface area (Å²) in [4.78, 5) is 26.4. The lowest BCUT2D eigenvalue weighted by atomic mass is 9.86. The Balaban J connectivity index is 1.53. The van der Waals surface area contributed by atoms with E-state index < -0.39 is 0 Å². The molecule has 36 heavy (non-hydrogen) atoms. The van der Waals surface area contributed by atoms with E-state index in [-0.39, 0.29) is 22.6 Å². The molecule has 2 aromatic heterocycles. The van der Waals surface area contributed by atoms with Crippen LogP contribution in [0.25, 0.3) is 22.4 Å². The number of fused-ring (bicyclic) bond motifs is 3. The highest BCUT2D eigenvalue weighted by Gasteiger charge is 2.21. The molecule has 0 radical (unpaired) electrons. The average Bonchev–Trinajstić information content (AvgIpc) is 3.27. The van der Waals surface area contributed by atoms with Crippen LogP contribution in [0.1, 0.15) is 31.9 Å². The van der Waals surface area contributed by atoms with Crippen molar-refractivity contribution >= 4 is 40.0 Å². The summed E-state index contributed by atoms with van der Waals surface area (Å²) in [7, 11) is 0. The highest BCUT2D eigenvalue weighted by Crippen LogP contribution is 2.30. The standard InChI is InChI=1S/C28H27N5O2S/c1-18-11-5-9-15-22(18)32-25(35)19-12-6-10-16-23(19)33-26(32)30-31-27(33)36-17-24(34)29-21-14-8-7-13-20(21)28(2,3)4/h5-16H,17H2,1-4H3,(H,29,34). The molecule has 0 aliphatic heterocycles. The second-order valence-corrected chi connectivity index (χ2v) is 10.6. The van der Waals surface area contributed by atoms with Crippen LogP contribution in [-0.2, 0) is 10.2 Å². The van der Waals surface area contributed by atoms with Gasteiger partial charge in [-0.1, -0.05) is 81.1 Å². The maximum Gasteiger partial charge on any atom is 0.267 e. The quantitative estimate of drug-likeness (QED) is 0.330. The van der Waals surface area contributed by atoms with E-state index in [9.17, 15) is 9.59 Å². The van der Waals surface area contributed by atoms with Crippen molar-refractivity contribution in [2.24, 2.45) is 0 Å². The summed E-state index contributed by atoms with van der Waals surface area (Å²) in [6.07, 6.45) is 0. The topological polar surface area (TPSA) is 81.3 Å². The predicted molar refractivity (Wildman–Crippen MR) is 145 cm³/mol. The van der Waals surface area contributed by atoms with Gasteiger partial charge in [0.05, 0.1) is 22.3 Å². The molecule has 8 heteroatoms. The van der Waals surface area contributed by atoms with E-state index in [0.29, 0.717) is 21.8 Å². The summed E-state index contributed by atoms with van der Waals surface area (Å²) in [6, 6.07) is 22.9. The van der Waals surface area contributed by atoms with Gasteiger partial charge in [-0.2, -0.15) is 0 Å². The van der Waals surface area contributed by atoms with Crippen molar-refractivity contribution in [2.45, 2.75) is 38.3 Å². The Morgan fingerprint density at radius 3 is 2.42 bits per heavy atom. The fourth-order valence-corrected chi connectivity index (χ4v) is 5.11. The normalized spacial score (nSPS) is 11.8. The Bertz CT molecular complexity index is 1660. The molecular weight excluding hydrogens is 470 g/mol. The van der Waals surface area contributed by atoms with Gasteiger partial charge >= 0.3 is 0 Å². The monoisotopic (exact) mass is 497 g/mol. The molecule has 0 aliphatic rings. The van der Waals surface area contributed by atoms with Gasteiger partial charge in [0, 0.05) is 5.69 Å². The molecule has 0 spiro atoms. The number of thioether (sulfide) groups is 1. The van der Waals surface area contributed by atoms with Crippen molar-refractivity contribution in [2.75, 3.05) is 11.1 Å². The van der Waals surface area contributed by atoms with Crippen LogP contribution in [0.15, 0.2) is 82.7 Å². The van der Waals surface area contributed by atoms with Crippen molar-refractivity contribution in [1.29, 1.82) is 0 Å². The van der Waals surface area contributed by atoms with E-state index in [4.69, 9.17) is 0 Å². The Morgan fingerprint density at radius 1 is 0.944 bits per heavy atom. The minimum absolute atomic E-state index is 0.0988. The summed E-state index contributed by atoms with van der Waals surface area (Å²) >= 11 is 1.29. The number of aryl methyl sites for hydroxylation is 1. The molecule has 0 bridgehead atoms. The molecule has 0 fully saturated rings. The van der Waals surface area contributed by atoms with Gasteiger partial charge in [0.25, 0.3) is 5.56 Å². The number of para-hydroxylation sites is 3. The molecule has 0 saturated carbocycles. The minimum Gasteiger partial charge on any atom is -0.325 e. The molecule has 0 aliphatic carbocycles. The highest BCUT2D eigenvalue weighted by atomic mass is 32.2. The summed E-state index contributed by atoms with van der Waals surface area (Å²) in [6.45, 7) is 8.32. The second kappa shape index (κ2) is 9.28. The Morgan fingerprint density at radius 2 is 1.64 bits per heavy atom. The van der Waals surface area contributed by atoms with Crippen LogP contribution in [0, 0.1) is 6.92 Å². The fraction of sp³-hybridized carbons (Fsp3) is 0.214. The molecule has 5 aromatic rings. The summed E-state index contributed by atoms with van der Waals surface area (Å²) in [5, 5.41) is 12.9. The third-order valence-corrected chi connectivity index (χ3v) is 7.02. The van der Waals surface area contributed by atoms with Crippen LogP contribution < -0.4 is 10.9 Å². The molecular formula is C28H27N5O2S. The number of nitrogens with one attached hydrogen (secondary N) is 1. The number of hydrogen-bond acceptors (Lipinski definition) is 5. The van der Waals surface area contributed by atoms with Crippen molar-refractivity contribution in [3.05, 3.63) is 94.3 Å². The smallest absolute Gasteiger partial charge is 0.267 e. The second-order valence-electron chi connectivity index (χ2n) is 9.69. The van der Waals surface area contributed by atoms with Crippen molar-refractivity contribution < 1.29 is 4.79 Å². The molecule has 182 valence electrons. The van der Waals surface area contributed by atoms with E-state index >= 15 is 0 Å². The number of carbonyl (C=O) groups is 1. The first-order valence-electron chi connectivity index (χ1n) is 11.7. The van der Waals surface area contributed by atoms with Crippen LogP contribution in [-0.4, -0.2) is 30.8 Å². The van der Waals surface area contributed by atoms with Crippen LogP contribution in [0.3, 0.4) is 0 Å². The number of hydrogen-bond donors (Lipinski definition) is 1. The number of benzene rings is 3. The van der Waals surface area contributed by atoms with Crippen molar-refractivity contribution in [3.8, 4) is 5.69 Å². The predicted octanol–water partition coefficient (Wildman–Crippen LogP) is 5.37. The fourth-order valence-electron chi connectivity index (χ4n) is 4.37. The van der Waals surface area contributed by atoms with Gasteiger partial charge in [-0.15, -0.1) is 10.2 Å². The van der Waals surface area contributed by atoms with Gasteiger partial charge in [0.15, 0.2) is 5.16 Å². The number of anilines is 1. The molecule has 0 unspecified atom stereocenters. The van der Waals surface area contributed by atoms with Crippen LogP contribution >= 0.6 is 11.8 Å². The lowest BCUT2D eigenvalue weighted by molar-refractivity contribution is -0.113. The van der Waals surface area contributed by atoms with Gasteiger partial charge in [-0.3, -0.25) is 14.0 Å². The number of rotatable bonds is 5. The Hall–Kier alpha value is -3.91. The Kier molecular flexibility index (Phi) is 6.14. The van der Waals surface area contributed by atoms with Crippen LogP contribution in [0.2, 0.25) is 0 Å². The Labute approximate surface area is 213 Å². The zero-order chi connectivity index (χ0) is 25.4. The maximum absolute atomic E-state index is 13.5. The van der Waals surface area contributed by atoms with Crippen molar-refractivity contribution in [3.63, 3.8) is 0 Å². The zero-order valence-electron chi connectivity index (χ0n) is 20.6. The molecule has 0 saturated heterocycles. The SMILES string of the molecule is Cc1ccccc1-n1c(=O)c2ccccc2n2c(SCC(=O)Nc3ccccc3C(C)(C)C)nnc12. The first-order valence-corrected chi connectivity index (χ1v) is 12.7. The van der Waals surface area contributed by atoms with E-state index in [0.717, 1.165) is 22.5 Å². The van der Waals surface area contributed by atoms with Gasteiger partial charge in [0.2, 0.25) is 11.7 Å². The zero-order valence-corrected chi connectivity index (χ0v) is 21.5. The first kappa shape index (κ1) is 23.8. The van der Waals surface area contributed by atoms with E-state index in [1.54, 1.807) is 10.6 Å². The molecule has 5 rings (SSSR count). The van der Waals surface area contributed by atoms with E-state index in [1.807, 2.05) is 78.1 Å². The van der Waals surface area contributed by atoms with Gasteiger partial charge < -0.3 is 5.32 Å². The number of aromatic nitrogens is 4. The minimum atomic E-state index is -0.159. The third-order valence-electron chi connectivity index (χ3n) is 6.09. The summed E-state index contributed by atoms with van der Waals surface area (Å²) in [5.41, 5.74) is 4.02. The van der Waals surface area contributed by atoms with Gasteiger partial charge in [0.1, 0.15) is 0 Å². The summed E-state index contributed by atoms with van der Waals surface area (Å²) in [5.74, 6) is 0.427. The van der Waals surface area contributed by atoms with Gasteiger partial charge in [-0.05, 0) is 47.7 Å². The molecule has 1 amide bonds. The van der Waals surface area contributed by atoms with Crippen LogP contribution in [0.5, 0.6) is 0 Å². The molecule has 1 N–H and O–H groups in total.